The van der Waals surface area contributed by atoms with Gasteiger partial charge >= 0.3 is 6.18 Å². The lowest BCUT2D eigenvalue weighted by molar-refractivity contribution is -0.138. The molecule has 3 aliphatic heterocycles. The molecule has 0 aliphatic carbocycles. The fourth-order valence-electron chi connectivity index (χ4n) is 8.40. The Balaban J connectivity index is 0.707. The summed E-state index contributed by atoms with van der Waals surface area (Å²) in [5, 5.41) is 12.5. The summed E-state index contributed by atoms with van der Waals surface area (Å²) in [7, 11) is 0. The molecule has 0 saturated carbocycles. The van der Waals surface area contributed by atoms with Crippen LogP contribution in [0.2, 0.25) is 5.02 Å². The number of imidazole rings is 1. The number of hydrogen-bond donors (Lipinski definition) is 3. The molecule has 2 fully saturated rings. The van der Waals surface area contributed by atoms with E-state index in [1.165, 1.54) is 18.2 Å². The highest BCUT2D eigenvalue weighted by atomic mass is 35.5. The van der Waals surface area contributed by atoms with E-state index in [2.05, 4.69) is 37.7 Å². The Labute approximate surface area is 410 Å². The molecule has 0 radical (unpaired) electrons. The van der Waals surface area contributed by atoms with Gasteiger partial charge in [0.05, 0.1) is 29.5 Å². The minimum Gasteiger partial charge on any atom is -0.491 e. The van der Waals surface area contributed by atoms with Crippen LogP contribution in [0.1, 0.15) is 98.4 Å². The molecule has 5 aromatic rings. The Bertz CT molecular complexity index is 2940. The predicted molar refractivity (Wildman–Crippen MR) is 252 cm³/mol. The van der Waals surface area contributed by atoms with Gasteiger partial charge in [0.15, 0.2) is 5.65 Å². The molecule has 2 aromatic heterocycles. The number of nitrogens with zero attached hydrogens (tertiary/aromatic N) is 5. The van der Waals surface area contributed by atoms with Crippen molar-refractivity contribution >= 4 is 64.2 Å². The van der Waals surface area contributed by atoms with Gasteiger partial charge in [0.2, 0.25) is 17.7 Å². The molecule has 0 bridgehead atoms. The number of rotatable bonds is 17. The van der Waals surface area contributed by atoms with Crippen LogP contribution in [0.3, 0.4) is 0 Å². The molecule has 1 atom stereocenters. The second-order valence-electron chi connectivity index (χ2n) is 17.0. The lowest BCUT2D eigenvalue weighted by Crippen LogP contribution is -2.54. The topological polar surface area (TPSA) is 203 Å². The molecule has 6 amide bonds. The minimum absolute atomic E-state index is 0.0212. The highest BCUT2D eigenvalue weighted by Gasteiger charge is 2.44. The minimum atomic E-state index is -4.63. The number of nitrogens with one attached hydrogen (secondary N) is 3. The van der Waals surface area contributed by atoms with Crippen molar-refractivity contribution < 1.29 is 56.1 Å². The van der Waals surface area contributed by atoms with E-state index in [0.29, 0.717) is 80.4 Å². The third-order valence-corrected chi connectivity index (χ3v) is 12.3. The molecular formula is C50H48ClF3N8O9. The zero-order valence-electron chi connectivity index (χ0n) is 38.4. The lowest BCUT2D eigenvalue weighted by atomic mass is 10.0. The number of fused-ring (bicyclic) bond motifs is 2. The van der Waals surface area contributed by atoms with E-state index in [9.17, 15) is 41.9 Å². The van der Waals surface area contributed by atoms with Gasteiger partial charge < -0.3 is 29.7 Å². The summed E-state index contributed by atoms with van der Waals surface area (Å²) in [4.78, 5) is 83.1. The number of aromatic nitrogens is 3. The average Bonchev–Trinajstić information content (AvgIpc) is 3.85. The van der Waals surface area contributed by atoms with Gasteiger partial charge in [-0.25, -0.2) is 9.50 Å². The number of imide groups is 2. The number of hydrogen-bond acceptors (Lipinski definition) is 12. The summed E-state index contributed by atoms with van der Waals surface area (Å²) in [5.41, 5.74) is 1.63. The fraction of sp³-hybridized carbons (Fsp3) is 0.360. The Kier molecular flexibility index (Phi) is 15.6. The van der Waals surface area contributed by atoms with Crippen molar-refractivity contribution in [1.29, 1.82) is 0 Å². The zero-order chi connectivity index (χ0) is 50.2. The van der Waals surface area contributed by atoms with Crippen molar-refractivity contribution in [2.45, 2.75) is 70.1 Å². The molecule has 8 rings (SSSR count). The third-order valence-electron chi connectivity index (χ3n) is 12.1. The quantitative estimate of drug-likeness (QED) is 0.0548. The highest BCUT2D eigenvalue weighted by Crippen LogP contribution is 2.34. The smallest absolute Gasteiger partial charge is 0.416 e. The number of benzene rings is 3. The molecule has 17 nitrogen and oxygen atoms in total. The van der Waals surface area contributed by atoms with E-state index < -0.39 is 47.3 Å². The number of carbonyl (C=O) groups excluding carboxylic acids is 6. The molecule has 5 heterocycles. The van der Waals surface area contributed by atoms with E-state index in [1.54, 1.807) is 41.9 Å². The SMILES string of the molecule is Cc1c(C#Cc2cnc3ccc(N4CCC(NC(=O)CCCOCCCOCCOc5ccc6c(c5)C(=O)N(C5CCC(=O)NC5=O)C6=O)CC4)nn23)cccc1C(=O)Nc1cc(Cl)cc(C(F)(F)F)c1. The molecular weight excluding hydrogens is 949 g/mol. The monoisotopic (exact) mass is 996 g/mol. The first-order valence-corrected chi connectivity index (χ1v) is 23.3. The average molecular weight is 997 g/mol. The molecule has 2 saturated heterocycles. The standard InChI is InChI=1S/C50H48ClF3N8O9/c1-30-31(5-2-6-38(30)46(65)57-35-26-32(50(52,53)54)25-33(51)27-35)8-9-36-29-55-42-13-14-43(59-62(36)42)60-18-16-34(17-19-60)56-44(63)7-3-20-69-21-4-22-70-23-24-71-37-10-11-39-40(28-37)49(68)61(48(39)67)41-12-15-45(64)58-47(41)66/h2,5-6,10-11,13-14,25-29,34,41H,3-4,7,12,15-24H2,1H3,(H,56,63)(H,57,65)(H,58,64,66). The van der Waals surface area contributed by atoms with Gasteiger partial charge in [-0.15, -0.1) is 5.10 Å². The van der Waals surface area contributed by atoms with Gasteiger partial charge in [-0.1, -0.05) is 23.6 Å². The van der Waals surface area contributed by atoms with Gasteiger partial charge in [0.1, 0.15) is 29.9 Å². The molecule has 21 heteroatoms. The zero-order valence-corrected chi connectivity index (χ0v) is 39.2. The van der Waals surface area contributed by atoms with E-state index in [4.69, 9.17) is 30.9 Å². The van der Waals surface area contributed by atoms with E-state index in [1.807, 2.05) is 12.1 Å². The van der Waals surface area contributed by atoms with Crippen LogP contribution < -0.4 is 25.6 Å². The number of anilines is 2. The Morgan fingerprint density at radius 3 is 2.41 bits per heavy atom. The van der Waals surface area contributed by atoms with Gasteiger partial charge in [0, 0.05) is 73.6 Å². The molecule has 3 aromatic carbocycles. The summed E-state index contributed by atoms with van der Waals surface area (Å²) in [6, 6.07) is 15.0. The van der Waals surface area contributed by atoms with Gasteiger partial charge in [-0.3, -0.25) is 39.0 Å². The van der Waals surface area contributed by atoms with Crippen LogP contribution in [0.4, 0.5) is 24.7 Å². The van der Waals surface area contributed by atoms with E-state index in [-0.39, 0.29) is 65.4 Å². The number of amides is 6. The van der Waals surface area contributed by atoms with Crippen molar-refractivity contribution in [2.24, 2.45) is 0 Å². The maximum atomic E-state index is 13.3. The van der Waals surface area contributed by atoms with Gasteiger partial charge in [-0.05, 0) is 111 Å². The van der Waals surface area contributed by atoms with Crippen molar-refractivity contribution in [3.05, 3.63) is 117 Å². The van der Waals surface area contributed by atoms with Crippen molar-refractivity contribution in [3.8, 4) is 17.6 Å². The van der Waals surface area contributed by atoms with Crippen LogP contribution in [0.5, 0.6) is 5.75 Å². The summed E-state index contributed by atoms with van der Waals surface area (Å²) in [6.07, 6.45) is 0.0830. The Morgan fingerprint density at radius 2 is 1.63 bits per heavy atom. The molecule has 0 spiro atoms. The van der Waals surface area contributed by atoms with Gasteiger partial charge in [-0.2, -0.15) is 13.2 Å². The fourth-order valence-corrected chi connectivity index (χ4v) is 8.64. The highest BCUT2D eigenvalue weighted by molar-refractivity contribution is 6.31. The summed E-state index contributed by atoms with van der Waals surface area (Å²) in [5.74, 6) is 4.32. The second-order valence-corrected chi connectivity index (χ2v) is 17.5. The molecule has 71 heavy (non-hydrogen) atoms. The first kappa shape index (κ1) is 50.1. The van der Waals surface area contributed by atoms with Crippen molar-refractivity contribution in [2.75, 3.05) is 56.3 Å². The first-order chi connectivity index (χ1) is 34.1. The molecule has 1 unspecified atom stereocenters. The maximum Gasteiger partial charge on any atom is 0.416 e. The van der Waals surface area contributed by atoms with Crippen LogP contribution in [-0.4, -0.2) is 113 Å². The van der Waals surface area contributed by atoms with Crippen LogP contribution in [0.15, 0.2) is 72.9 Å². The number of alkyl halides is 3. The number of ether oxygens (including phenoxy) is 3. The van der Waals surface area contributed by atoms with Crippen LogP contribution in [0, 0.1) is 18.8 Å². The van der Waals surface area contributed by atoms with Crippen molar-refractivity contribution in [1.82, 2.24) is 30.1 Å². The Hall–Kier alpha value is -7.34. The maximum absolute atomic E-state index is 13.3. The normalized spacial score (nSPS) is 16.2. The molecule has 3 aliphatic rings. The summed E-state index contributed by atoms with van der Waals surface area (Å²) in [6.45, 7) is 4.83. The van der Waals surface area contributed by atoms with E-state index in [0.717, 1.165) is 35.7 Å². The number of piperidine rings is 2. The lowest BCUT2D eigenvalue weighted by Gasteiger charge is -2.33. The third kappa shape index (κ3) is 12.2. The van der Waals surface area contributed by atoms with Crippen molar-refractivity contribution in [3.63, 3.8) is 0 Å². The summed E-state index contributed by atoms with van der Waals surface area (Å²) >= 11 is 5.90. The molecule has 3 N–H and O–H groups in total. The first-order valence-electron chi connectivity index (χ1n) is 23.0. The number of halogens is 4. The second kappa shape index (κ2) is 22.2. The number of carbonyl (C=O) groups is 6. The largest absolute Gasteiger partial charge is 0.491 e. The van der Waals surface area contributed by atoms with Crippen LogP contribution in [-0.2, 0) is 30.0 Å². The summed E-state index contributed by atoms with van der Waals surface area (Å²) < 4.78 is 58.7. The van der Waals surface area contributed by atoms with Crippen LogP contribution in [0.25, 0.3) is 5.65 Å². The van der Waals surface area contributed by atoms with Crippen LogP contribution >= 0.6 is 11.6 Å². The predicted octanol–water partition coefficient (Wildman–Crippen LogP) is 6.13. The molecule has 370 valence electrons. The van der Waals surface area contributed by atoms with Gasteiger partial charge in [0.25, 0.3) is 17.7 Å². The Morgan fingerprint density at radius 1 is 0.873 bits per heavy atom. The van der Waals surface area contributed by atoms with E-state index >= 15 is 0 Å².